The van der Waals surface area contributed by atoms with Crippen LogP contribution in [0.5, 0.6) is 5.75 Å². The molecule has 2 N–H and O–H groups in total. The van der Waals surface area contributed by atoms with Gasteiger partial charge in [-0.05, 0) is 30.5 Å². The fourth-order valence-corrected chi connectivity index (χ4v) is 3.67. The van der Waals surface area contributed by atoms with Crippen molar-refractivity contribution in [3.05, 3.63) is 33.6 Å². The van der Waals surface area contributed by atoms with Crippen molar-refractivity contribution in [2.45, 2.75) is 19.4 Å². The Morgan fingerprint density at radius 3 is 2.92 bits per heavy atom. The molecule has 1 aromatic carbocycles. The molecule has 24 heavy (non-hydrogen) atoms. The number of morpholine rings is 1. The Bertz CT molecular complexity index is 809. The number of aromatic nitrogens is 1. The molecule has 0 saturated carbocycles. The number of rotatable bonds is 3. The molecule has 1 saturated heterocycles. The van der Waals surface area contributed by atoms with Crippen molar-refractivity contribution < 1.29 is 9.47 Å². The van der Waals surface area contributed by atoms with E-state index in [0.29, 0.717) is 0 Å². The molecular weight excluding hydrogens is 306 g/mol. The molecule has 0 spiro atoms. The van der Waals surface area contributed by atoms with Gasteiger partial charge in [-0.1, -0.05) is 0 Å². The summed E-state index contributed by atoms with van der Waals surface area (Å²) < 4.78 is 11.1. The zero-order valence-corrected chi connectivity index (χ0v) is 14.0. The minimum atomic E-state index is 0.00951. The van der Waals surface area contributed by atoms with Crippen LogP contribution in [0.3, 0.4) is 0 Å². The summed E-state index contributed by atoms with van der Waals surface area (Å²) in [5.41, 5.74) is 3.78. The zero-order valence-electron chi connectivity index (χ0n) is 14.0. The van der Waals surface area contributed by atoms with E-state index in [1.54, 1.807) is 7.11 Å². The maximum absolute atomic E-state index is 12.4. The number of methoxy groups -OCH3 is 1. The van der Waals surface area contributed by atoms with Gasteiger partial charge in [-0.3, -0.25) is 9.69 Å². The Kier molecular flexibility index (Phi) is 4.16. The predicted octanol–water partition coefficient (Wildman–Crippen LogP) is 1.73. The van der Waals surface area contributed by atoms with Crippen molar-refractivity contribution in [2.24, 2.45) is 0 Å². The summed E-state index contributed by atoms with van der Waals surface area (Å²) in [4.78, 5) is 17.8. The van der Waals surface area contributed by atoms with Gasteiger partial charge in [0.1, 0.15) is 5.75 Å². The van der Waals surface area contributed by atoms with Crippen molar-refractivity contribution in [3.63, 3.8) is 0 Å². The first-order valence-electron chi connectivity index (χ1n) is 8.56. The summed E-state index contributed by atoms with van der Waals surface area (Å²) in [6.07, 6.45) is 1.80. The monoisotopic (exact) mass is 329 g/mol. The van der Waals surface area contributed by atoms with Crippen LogP contribution in [0.4, 0.5) is 5.69 Å². The number of aromatic amines is 1. The van der Waals surface area contributed by atoms with Crippen LogP contribution in [0.15, 0.2) is 16.9 Å². The van der Waals surface area contributed by atoms with Crippen LogP contribution in [-0.4, -0.2) is 49.8 Å². The van der Waals surface area contributed by atoms with E-state index < -0.39 is 0 Å². The van der Waals surface area contributed by atoms with E-state index in [9.17, 15) is 4.79 Å². The van der Waals surface area contributed by atoms with Crippen LogP contribution < -0.4 is 15.6 Å². The number of hydrogen-bond acceptors (Lipinski definition) is 5. The second-order valence-corrected chi connectivity index (χ2v) is 6.45. The van der Waals surface area contributed by atoms with Crippen LogP contribution >= 0.6 is 0 Å². The topological polar surface area (TPSA) is 66.6 Å². The average Bonchev–Trinajstić information content (AvgIpc) is 2.62. The lowest BCUT2D eigenvalue weighted by Gasteiger charge is -2.27. The minimum absolute atomic E-state index is 0.00951. The summed E-state index contributed by atoms with van der Waals surface area (Å²) in [5.74, 6) is 0.817. The zero-order chi connectivity index (χ0) is 16.5. The lowest BCUT2D eigenvalue weighted by molar-refractivity contribution is 0.0342. The van der Waals surface area contributed by atoms with Crippen molar-refractivity contribution in [2.75, 3.05) is 45.3 Å². The van der Waals surface area contributed by atoms with E-state index in [-0.39, 0.29) is 5.56 Å². The molecule has 0 atom stereocenters. The SMILES string of the molecule is COc1cc(CN2CCOCC2)cc2[nH]c(=O)c3c(c12)NCCC3. The van der Waals surface area contributed by atoms with E-state index in [1.165, 1.54) is 0 Å². The van der Waals surface area contributed by atoms with Crippen LogP contribution in [0.25, 0.3) is 10.9 Å². The molecule has 0 aliphatic carbocycles. The van der Waals surface area contributed by atoms with Gasteiger partial charge < -0.3 is 19.8 Å². The fraction of sp³-hybridized carbons (Fsp3) is 0.500. The van der Waals surface area contributed by atoms with Crippen molar-refractivity contribution >= 4 is 16.6 Å². The normalized spacial score (nSPS) is 18.2. The maximum Gasteiger partial charge on any atom is 0.253 e. The summed E-state index contributed by atoms with van der Waals surface area (Å²) in [5, 5.41) is 4.38. The second-order valence-electron chi connectivity index (χ2n) is 6.45. The van der Waals surface area contributed by atoms with Gasteiger partial charge in [-0.15, -0.1) is 0 Å². The number of H-pyrrole nitrogens is 1. The third-order valence-electron chi connectivity index (χ3n) is 4.87. The first-order valence-corrected chi connectivity index (χ1v) is 8.56. The average molecular weight is 329 g/mol. The second kappa shape index (κ2) is 6.45. The predicted molar refractivity (Wildman–Crippen MR) is 94.0 cm³/mol. The Balaban J connectivity index is 1.80. The lowest BCUT2D eigenvalue weighted by atomic mass is 9.99. The third kappa shape index (κ3) is 2.76. The standard InChI is InChI=1S/C18H23N3O3/c1-23-15-10-12(11-21-5-7-24-8-6-21)9-14-16(15)17-13(18(22)20-14)3-2-4-19-17/h9-10,19H,2-8,11H2,1H3,(H,20,22). The van der Waals surface area contributed by atoms with E-state index in [1.807, 2.05) is 0 Å². The lowest BCUT2D eigenvalue weighted by Crippen LogP contribution is -2.35. The van der Waals surface area contributed by atoms with Gasteiger partial charge in [-0.2, -0.15) is 0 Å². The number of benzene rings is 1. The highest BCUT2D eigenvalue weighted by Gasteiger charge is 2.20. The summed E-state index contributed by atoms with van der Waals surface area (Å²) in [6, 6.07) is 4.16. The summed E-state index contributed by atoms with van der Waals surface area (Å²) >= 11 is 0. The summed E-state index contributed by atoms with van der Waals surface area (Å²) in [6.45, 7) is 5.15. The molecule has 4 rings (SSSR count). The molecule has 6 nitrogen and oxygen atoms in total. The molecule has 3 heterocycles. The Hall–Kier alpha value is -2.05. The van der Waals surface area contributed by atoms with Crippen molar-refractivity contribution in [3.8, 4) is 5.75 Å². The number of pyridine rings is 1. The first-order chi connectivity index (χ1) is 11.8. The Morgan fingerprint density at radius 1 is 1.29 bits per heavy atom. The Morgan fingerprint density at radius 2 is 2.12 bits per heavy atom. The highest BCUT2D eigenvalue weighted by atomic mass is 16.5. The first kappa shape index (κ1) is 15.5. The number of hydrogen-bond donors (Lipinski definition) is 2. The Labute approximate surface area is 140 Å². The number of fused-ring (bicyclic) bond motifs is 3. The molecule has 6 heteroatoms. The maximum atomic E-state index is 12.4. The molecule has 2 aliphatic heterocycles. The van der Waals surface area contributed by atoms with Crippen LogP contribution in [0.1, 0.15) is 17.5 Å². The number of anilines is 1. The van der Waals surface area contributed by atoms with Gasteiger partial charge in [0.2, 0.25) is 0 Å². The van der Waals surface area contributed by atoms with Crippen molar-refractivity contribution in [1.82, 2.24) is 9.88 Å². The van der Waals surface area contributed by atoms with Crippen LogP contribution in [0.2, 0.25) is 0 Å². The van der Waals surface area contributed by atoms with E-state index >= 15 is 0 Å². The molecule has 1 aromatic heterocycles. The van der Waals surface area contributed by atoms with Gasteiger partial charge in [0.15, 0.2) is 0 Å². The minimum Gasteiger partial charge on any atom is -0.496 e. The molecule has 2 aliphatic rings. The van der Waals surface area contributed by atoms with Gasteiger partial charge in [0.05, 0.1) is 36.9 Å². The largest absolute Gasteiger partial charge is 0.496 e. The molecule has 2 aromatic rings. The molecule has 1 fully saturated rings. The molecule has 0 unspecified atom stereocenters. The van der Waals surface area contributed by atoms with Gasteiger partial charge in [-0.25, -0.2) is 0 Å². The fourth-order valence-electron chi connectivity index (χ4n) is 3.67. The van der Waals surface area contributed by atoms with E-state index in [2.05, 4.69) is 27.3 Å². The van der Waals surface area contributed by atoms with E-state index in [0.717, 1.165) is 85.7 Å². The number of nitrogens with one attached hydrogen (secondary N) is 2. The smallest absolute Gasteiger partial charge is 0.253 e. The number of ether oxygens (including phenoxy) is 2. The summed E-state index contributed by atoms with van der Waals surface area (Å²) in [7, 11) is 1.69. The van der Waals surface area contributed by atoms with Gasteiger partial charge in [0.25, 0.3) is 5.56 Å². The van der Waals surface area contributed by atoms with Crippen LogP contribution in [0, 0.1) is 0 Å². The molecule has 0 amide bonds. The van der Waals surface area contributed by atoms with Gasteiger partial charge >= 0.3 is 0 Å². The number of nitrogens with zero attached hydrogens (tertiary/aromatic N) is 1. The highest BCUT2D eigenvalue weighted by molar-refractivity contribution is 5.98. The van der Waals surface area contributed by atoms with Gasteiger partial charge in [0, 0.05) is 31.7 Å². The molecular formula is C18H23N3O3. The third-order valence-corrected chi connectivity index (χ3v) is 4.87. The quantitative estimate of drug-likeness (QED) is 0.898. The highest BCUT2D eigenvalue weighted by Crippen LogP contribution is 2.35. The van der Waals surface area contributed by atoms with E-state index in [4.69, 9.17) is 9.47 Å². The molecule has 0 bridgehead atoms. The molecule has 0 radical (unpaired) electrons. The van der Waals surface area contributed by atoms with Crippen LogP contribution in [-0.2, 0) is 17.7 Å². The molecule has 128 valence electrons. The van der Waals surface area contributed by atoms with Crippen molar-refractivity contribution in [1.29, 1.82) is 0 Å².